The van der Waals surface area contributed by atoms with Gasteiger partial charge in [-0.2, -0.15) is 0 Å². The number of hydrogen-bond acceptors (Lipinski definition) is 3. The summed E-state index contributed by atoms with van der Waals surface area (Å²) in [5, 5.41) is 2.45. The van der Waals surface area contributed by atoms with Crippen molar-refractivity contribution in [1.82, 2.24) is 5.32 Å². The van der Waals surface area contributed by atoms with Crippen molar-refractivity contribution in [3.05, 3.63) is 35.9 Å². The molecule has 4 nitrogen and oxygen atoms in total. The second kappa shape index (κ2) is 5.14. The van der Waals surface area contributed by atoms with Gasteiger partial charge in [-0.15, -0.1) is 0 Å². The van der Waals surface area contributed by atoms with Gasteiger partial charge in [0.1, 0.15) is 0 Å². The van der Waals surface area contributed by atoms with Crippen molar-refractivity contribution < 1.29 is 14.3 Å². The lowest BCUT2D eigenvalue weighted by Crippen LogP contribution is -2.28. The first-order chi connectivity index (χ1) is 7.15. The standard InChI is InChI=1S/C11H13NO3/c1-8(13)15-10(11(14)12-2)9-6-4-3-5-7-9/h3-7,10H,1-2H3,(H,12,14). The van der Waals surface area contributed by atoms with E-state index in [4.69, 9.17) is 4.74 Å². The van der Waals surface area contributed by atoms with Crippen molar-refractivity contribution in [3.8, 4) is 0 Å². The third kappa shape index (κ3) is 3.09. The largest absolute Gasteiger partial charge is 0.447 e. The molecule has 1 unspecified atom stereocenters. The molecule has 1 amide bonds. The monoisotopic (exact) mass is 207 g/mol. The number of nitrogens with one attached hydrogen (secondary N) is 1. The summed E-state index contributed by atoms with van der Waals surface area (Å²) in [5.74, 6) is -0.816. The Balaban J connectivity index is 2.91. The molecule has 1 atom stereocenters. The molecule has 0 aliphatic carbocycles. The van der Waals surface area contributed by atoms with E-state index >= 15 is 0 Å². The van der Waals surface area contributed by atoms with E-state index in [0.717, 1.165) is 0 Å². The summed E-state index contributed by atoms with van der Waals surface area (Å²) in [5.41, 5.74) is 0.659. The maximum Gasteiger partial charge on any atom is 0.303 e. The van der Waals surface area contributed by atoms with E-state index in [9.17, 15) is 9.59 Å². The molecular formula is C11H13NO3. The fourth-order valence-corrected chi connectivity index (χ4v) is 1.20. The Hall–Kier alpha value is -1.84. The Morgan fingerprint density at radius 3 is 2.33 bits per heavy atom. The SMILES string of the molecule is CNC(=O)C(OC(C)=O)c1ccccc1. The number of amides is 1. The molecule has 0 aromatic heterocycles. The van der Waals surface area contributed by atoms with Gasteiger partial charge < -0.3 is 10.1 Å². The highest BCUT2D eigenvalue weighted by Gasteiger charge is 2.21. The van der Waals surface area contributed by atoms with Gasteiger partial charge >= 0.3 is 5.97 Å². The highest BCUT2D eigenvalue weighted by atomic mass is 16.5. The van der Waals surface area contributed by atoms with Gasteiger partial charge in [0.05, 0.1) is 0 Å². The summed E-state index contributed by atoms with van der Waals surface area (Å²) in [6, 6.07) is 8.88. The molecule has 80 valence electrons. The van der Waals surface area contributed by atoms with E-state index in [2.05, 4.69) is 5.32 Å². The van der Waals surface area contributed by atoms with Gasteiger partial charge in [-0.25, -0.2) is 0 Å². The van der Waals surface area contributed by atoms with Gasteiger partial charge in [0, 0.05) is 19.5 Å². The van der Waals surface area contributed by atoms with Gasteiger partial charge in [-0.1, -0.05) is 30.3 Å². The summed E-state index contributed by atoms with van der Waals surface area (Å²) in [6.45, 7) is 1.28. The van der Waals surface area contributed by atoms with Gasteiger partial charge in [0.15, 0.2) is 0 Å². The molecule has 1 rings (SSSR count). The minimum Gasteiger partial charge on any atom is -0.447 e. The average molecular weight is 207 g/mol. The van der Waals surface area contributed by atoms with Crippen LogP contribution in [0.15, 0.2) is 30.3 Å². The van der Waals surface area contributed by atoms with E-state index in [1.807, 2.05) is 6.07 Å². The van der Waals surface area contributed by atoms with Crippen molar-refractivity contribution in [3.63, 3.8) is 0 Å². The minimum atomic E-state index is -0.867. The molecule has 0 saturated carbocycles. The quantitative estimate of drug-likeness (QED) is 0.753. The summed E-state index contributed by atoms with van der Waals surface area (Å²) in [6.07, 6.45) is -0.867. The van der Waals surface area contributed by atoms with Crippen LogP contribution in [0.2, 0.25) is 0 Å². The molecule has 0 heterocycles. The molecule has 0 saturated heterocycles. The van der Waals surface area contributed by atoms with Crippen LogP contribution in [-0.2, 0) is 14.3 Å². The zero-order chi connectivity index (χ0) is 11.3. The normalized spacial score (nSPS) is 11.6. The van der Waals surface area contributed by atoms with Crippen LogP contribution < -0.4 is 5.32 Å². The predicted molar refractivity (Wildman–Crippen MR) is 55.0 cm³/mol. The maximum absolute atomic E-state index is 11.5. The topological polar surface area (TPSA) is 55.4 Å². The fourth-order valence-electron chi connectivity index (χ4n) is 1.20. The number of benzene rings is 1. The molecule has 0 radical (unpaired) electrons. The summed E-state index contributed by atoms with van der Waals surface area (Å²) in [7, 11) is 1.50. The average Bonchev–Trinajstić information content (AvgIpc) is 2.26. The van der Waals surface area contributed by atoms with Gasteiger partial charge in [0.25, 0.3) is 5.91 Å². The van der Waals surface area contributed by atoms with E-state index in [-0.39, 0.29) is 5.91 Å². The van der Waals surface area contributed by atoms with Crippen LogP contribution in [0.1, 0.15) is 18.6 Å². The first kappa shape index (κ1) is 11.2. The lowest BCUT2D eigenvalue weighted by molar-refractivity contribution is -0.154. The van der Waals surface area contributed by atoms with Crippen LogP contribution in [0, 0.1) is 0 Å². The number of ether oxygens (including phenoxy) is 1. The Morgan fingerprint density at radius 1 is 1.27 bits per heavy atom. The second-order valence-corrected chi connectivity index (χ2v) is 3.01. The highest BCUT2D eigenvalue weighted by molar-refractivity contribution is 5.84. The summed E-state index contributed by atoms with van der Waals surface area (Å²) >= 11 is 0. The molecule has 0 bridgehead atoms. The predicted octanol–water partition coefficient (Wildman–Crippen LogP) is 1.04. The van der Waals surface area contributed by atoms with Crippen molar-refractivity contribution in [1.29, 1.82) is 0 Å². The Kier molecular flexibility index (Phi) is 3.85. The van der Waals surface area contributed by atoms with Crippen LogP contribution in [0.4, 0.5) is 0 Å². The number of hydrogen-bond donors (Lipinski definition) is 1. The number of likely N-dealkylation sites (N-methyl/N-ethyl adjacent to an activating group) is 1. The molecule has 4 heteroatoms. The number of esters is 1. The molecule has 0 spiro atoms. The van der Waals surface area contributed by atoms with Gasteiger partial charge in [0.2, 0.25) is 6.10 Å². The zero-order valence-corrected chi connectivity index (χ0v) is 8.69. The van der Waals surface area contributed by atoms with Crippen molar-refractivity contribution in [2.75, 3.05) is 7.05 Å². The van der Waals surface area contributed by atoms with E-state index in [1.54, 1.807) is 24.3 Å². The smallest absolute Gasteiger partial charge is 0.303 e. The molecule has 0 aliphatic rings. The van der Waals surface area contributed by atoms with Crippen LogP contribution in [-0.4, -0.2) is 18.9 Å². The first-order valence-electron chi connectivity index (χ1n) is 4.59. The highest BCUT2D eigenvalue weighted by Crippen LogP contribution is 2.17. The molecule has 1 aromatic carbocycles. The van der Waals surface area contributed by atoms with Crippen molar-refractivity contribution in [2.24, 2.45) is 0 Å². The number of carbonyl (C=O) groups excluding carboxylic acids is 2. The molecule has 0 aliphatic heterocycles. The van der Waals surface area contributed by atoms with Crippen molar-refractivity contribution in [2.45, 2.75) is 13.0 Å². The number of rotatable bonds is 3. The zero-order valence-electron chi connectivity index (χ0n) is 8.69. The molecule has 1 aromatic rings. The van der Waals surface area contributed by atoms with E-state index in [1.165, 1.54) is 14.0 Å². The van der Waals surface area contributed by atoms with Crippen LogP contribution in [0.5, 0.6) is 0 Å². The first-order valence-corrected chi connectivity index (χ1v) is 4.59. The number of carbonyl (C=O) groups is 2. The van der Waals surface area contributed by atoms with Gasteiger partial charge in [-0.3, -0.25) is 9.59 Å². The summed E-state index contributed by atoms with van der Waals surface area (Å²) < 4.78 is 4.94. The maximum atomic E-state index is 11.5. The van der Waals surface area contributed by atoms with Crippen LogP contribution in [0.25, 0.3) is 0 Å². The fraction of sp³-hybridized carbons (Fsp3) is 0.273. The summed E-state index contributed by atoms with van der Waals surface area (Å²) in [4.78, 5) is 22.3. The third-order valence-corrected chi connectivity index (χ3v) is 1.87. The van der Waals surface area contributed by atoms with Crippen LogP contribution in [0.3, 0.4) is 0 Å². The molecule has 15 heavy (non-hydrogen) atoms. The molecule has 1 N–H and O–H groups in total. The third-order valence-electron chi connectivity index (χ3n) is 1.87. The minimum absolute atomic E-state index is 0.337. The Labute approximate surface area is 88.2 Å². The van der Waals surface area contributed by atoms with Gasteiger partial charge in [-0.05, 0) is 0 Å². The Morgan fingerprint density at radius 2 is 1.87 bits per heavy atom. The molecular weight excluding hydrogens is 194 g/mol. The van der Waals surface area contributed by atoms with E-state index < -0.39 is 12.1 Å². The lowest BCUT2D eigenvalue weighted by atomic mass is 10.1. The van der Waals surface area contributed by atoms with Crippen molar-refractivity contribution >= 4 is 11.9 Å². The second-order valence-electron chi connectivity index (χ2n) is 3.01. The molecule has 0 fully saturated rings. The lowest BCUT2D eigenvalue weighted by Gasteiger charge is -2.15. The van der Waals surface area contributed by atoms with E-state index in [0.29, 0.717) is 5.56 Å². The van der Waals surface area contributed by atoms with Crippen LogP contribution >= 0.6 is 0 Å². The Bertz CT molecular complexity index is 348.